The summed E-state index contributed by atoms with van der Waals surface area (Å²) >= 11 is 0. The average Bonchev–Trinajstić information content (AvgIpc) is 2.09. The first-order valence-electron chi connectivity index (χ1n) is 4.47. The van der Waals surface area contributed by atoms with Crippen LogP contribution in [0, 0.1) is 5.92 Å². The van der Waals surface area contributed by atoms with Crippen LogP contribution in [0.2, 0.25) is 0 Å². The predicted octanol–water partition coefficient (Wildman–Crippen LogP) is 0.425. The normalized spacial score (nSPS) is 12.2. The van der Waals surface area contributed by atoms with Gasteiger partial charge in [-0.1, -0.05) is 13.8 Å². The topological polar surface area (TPSA) is 116 Å². The molecule has 0 aromatic heterocycles. The van der Waals surface area contributed by atoms with Crippen molar-refractivity contribution < 1.29 is 19.4 Å². The molecule has 0 aliphatic heterocycles. The third-order valence-electron chi connectivity index (χ3n) is 1.63. The molecule has 0 heterocycles. The third-order valence-corrected chi connectivity index (χ3v) is 1.63. The van der Waals surface area contributed by atoms with Crippen molar-refractivity contribution in [2.75, 3.05) is 6.61 Å². The van der Waals surface area contributed by atoms with Crippen molar-refractivity contribution in [2.24, 2.45) is 17.4 Å². The number of rotatable bonds is 5. The Kier molecular flexibility index (Phi) is 5.22. The molecule has 0 aliphatic rings. The number of carboxylic acids is 1. The minimum absolute atomic E-state index is 0.0231. The number of hydrogen-bond acceptors (Lipinski definition) is 4. The second kappa shape index (κ2) is 5.90. The van der Waals surface area contributed by atoms with Gasteiger partial charge in [-0.15, -0.1) is 0 Å². The van der Waals surface area contributed by atoms with Gasteiger partial charge in [-0.05, 0) is 12.3 Å². The van der Waals surface area contributed by atoms with Gasteiger partial charge in [0.25, 0.3) is 0 Å². The van der Waals surface area contributed by atoms with Gasteiger partial charge in [0.2, 0.25) is 0 Å². The van der Waals surface area contributed by atoms with E-state index < -0.39 is 12.1 Å². The number of hydrogen-bond donors (Lipinski definition) is 3. The van der Waals surface area contributed by atoms with E-state index in [4.69, 9.17) is 16.6 Å². The van der Waals surface area contributed by atoms with Crippen LogP contribution < -0.4 is 11.5 Å². The minimum Gasteiger partial charge on any atom is -0.478 e. The molecular weight excluding hydrogens is 200 g/mol. The minimum atomic E-state index is -1.10. The van der Waals surface area contributed by atoms with Crippen LogP contribution >= 0.6 is 0 Å². The smallest absolute Gasteiger partial charge is 0.404 e. The molecule has 86 valence electrons. The van der Waals surface area contributed by atoms with E-state index >= 15 is 0 Å². The number of ether oxygens (including phenoxy) is 1. The van der Waals surface area contributed by atoms with Gasteiger partial charge >= 0.3 is 12.1 Å². The second-order valence-electron chi connectivity index (χ2n) is 3.51. The number of carboxylic acid groups (broad SMARTS) is 1. The standard InChI is InChI=1S/C9H16N2O4/c1-5(2)3-6(8(12)13)7(10)4-15-9(11)14/h5H,3-4,10H2,1-2H3,(H2,11,14)(H,12,13). The zero-order valence-corrected chi connectivity index (χ0v) is 8.82. The van der Waals surface area contributed by atoms with Gasteiger partial charge in [0.15, 0.2) is 0 Å². The van der Waals surface area contributed by atoms with Crippen LogP contribution in [-0.4, -0.2) is 23.8 Å². The zero-order valence-electron chi connectivity index (χ0n) is 8.82. The molecular formula is C9H16N2O4. The number of carbonyl (C=O) groups excluding carboxylic acids is 1. The van der Waals surface area contributed by atoms with E-state index in [1.807, 2.05) is 13.8 Å². The lowest BCUT2D eigenvalue weighted by molar-refractivity contribution is -0.133. The highest BCUT2D eigenvalue weighted by Crippen LogP contribution is 2.13. The van der Waals surface area contributed by atoms with Crippen molar-refractivity contribution in [1.82, 2.24) is 0 Å². The van der Waals surface area contributed by atoms with Gasteiger partial charge in [0, 0.05) is 0 Å². The Morgan fingerprint density at radius 2 is 1.87 bits per heavy atom. The lowest BCUT2D eigenvalue weighted by Crippen LogP contribution is -2.21. The summed E-state index contributed by atoms with van der Waals surface area (Å²) in [5, 5.41) is 8.85. The molecule has 0 unspecified atom stereocenters. The molecule has 6 heteroatoms. The Morgan fingerprint density at radius 1 is 1.33 bits per heavy atom. The summed E-state index contributed by atoms with van der Waals surface area (Å²) < 4.78 is 4.41. The van der Waals surface area contributed by atoms with Crippen LogP contribution in [0.15, 0.2) is 11.3 Å². The Morgan fingerprint density at radius 3 is 2.20 bits per heavy atom. The van der Waals surface area contributed by atoms with Gasteiger partial charge in [-0.2, -0.15) is 0 Å². The van der Waals surface area contributed by atoms with E-state index in [9.17, 15) is 9.59 Å². The number of aliphatic carboxylic acids is 1. The SMILES string of the molecule is CC(C)CC(C(=O)O)=C(N)COC(N)=O. The molecule has 15 heavy (non-hydrogen) atoms. The third kappa shape index (κ3) is 5.56. The summed E-state index contributed by atoms with van der Waals surface area (Å²) in [5.74, 6) is -0.947. The number of nitrogens with two attached hydrogens (primary N) is 2. The molecule has 0 atom stereocenters. The molecule has 5 N–H and O–H groups in total. The van der Waals surface area contributed by atoms with Gasteiger partial charge in [0.05, 0.1) is 11.3 Å². The largest absolute Gasteiger partial charge is 0.478 e. The maximum absolute atomic E-state index is 10.8. The summed E-state index contributed by atoms with van der Waals surface area (Å²) in [7, 11) is 0. The van der Waals surface area contributed by atoms with E-state index in [-0.39, 0.29) is 23.8 Å². The Hall–Kier alpha value is -1.72. The van der Waals surface area contributed by atoms with Crippen molar-refractivity contribution in [3.8, 4) is 0 Å². The van der Waals surface area contributed by atoms with Crippen molar-refractivity contribution >= 4 is 12.1 Å². The second-order valence-corrected chi connectivity index (χ2v) is 3.51. The lowest BCUT2D eigenvalue weighted by atomic mass is 10.0. The molecule has 0 aromatic carbocycles. The van der Waals surface area contributed by atoms with Crippen LogP contribution in [0.5, 0.6) is 0 Å². The highest BCUT2D eigenvalue weighted by molar-refractivity contribution is 5.87. The van der Waals surface area contributed by atoms with Crippen molar-refractivity contribution in [3.63, 3.8) is 0 Å². The molecule has 0 aliphatic carbocycles. The number of primary amides is 1. The molecule has 0 fully saturated rings. The summed E-state index contributed by atoms with van der Waals surface area (Å²) in [6.07, 6.45) is -0.657. The molecule has 0 saturated carbocycles. The fourth-order valence-electron chi connectivity index (χ4n) is 1.000. The van der Waals surface area contributed by atoms with E-state index in [1.54, 1.807) is 0 Å². The fourth-order valence-corrected chi connectivity index (χ4v) is 1.000. The maximum Gasteiger partial charge on any atom is 0.404 e. The first-order valence-corrected chi connectivity index (χ1v) is 4.47. The van der Waals surface area contributed by atoms with Crippen LogP contribution in [0.1, 0.15) is 20.3 Å². The van der Waals surface area contributed by atoms with E-state index in [2.05, 4.69) is 4.74 Å². The van der Waals surface area contributed by atoms with Gasteiger partial charge in [-0.25, -0.2) is 9.59 Å². The molecule has 0 aromatic rings. The Bertz CT molecular complexity index is 284. The molecule has 0 radical (unpaired) electrons. The van der Waals surface area contributed by atoms with E-state index in [0.29, 0.717) is 6.42 Å². The van der Waals surface area contributed by atoms with E-state index in [0.717, 1.165) is 0 Å². The van der Waals surface area contributed by atoms with Gasteiger partial charge in [-0.3, -0.25) is 0 Å². The predicted molar refractivity (Wildman–Crippen MR) is 53.8 cm³/mol. The Labute approximate surface area is 87.9 Å². The van der Waals surface area contributed by atoms with Gasteiger partial charge in [0.1, 0.15) is 6.61 Å². The van der Waals surface area contributed by atoms with Crippen molar-refractivity contribution in [3.05, 3.63) is 11.3 Å². The molecule has 0 spiro atoms. The van der Waals surface area contributed by atoms with Crippen molar-refractivity contribution in [1.29, 1.82) is 0 Å². The molecule has 0 saturated heterocycles. The van der Waals surface area contributed by atoms with Crippen LogP contribution in [0.25, 0.3) is 0 Å². The molecule has 6 nitrogen and oxygen atoms in total. The van der Waals surface area contributed by atoms with E-state index in [1.165, 1.54) is 0 Å². The summed E-state index contributed by atoms with van der Waals surface area (Å²) in [6, 6.07) is 0. The van der Waals surface area contributed by atoms with Gasteiger partial charge < -0.3 is 21.3 Å². The maximum atomic E-state index is 10.8. The quantitative estimate of drug-likeness (QED) is 0.576. The van der Waals surface area contributed by atoms with Crippen molar-refractivity contribution in [2.45, 2.75) is 20.3 Å². The fraction of sp³-hybridized carbons (Fsp3) is 0.556. The van der Waals surface area contributed by atoms with Crippen LogP contribution in [0.4, 0.5) is 4.79 Å². The summed E-state index contributed by atoms with van der Waals surface area (Å²) in [5.41, 5.74) is 10.3. The highest BCUT2D eigenvalue weighted by atomic mass is 16.5. The number of amides is 1. The monoisotopic (exact) mass is 216 g/mol. The lowest BCUT2D eigenvalue weighted by Gasteiger charge is -2.10. The molecule has 0 bridgehead atoms. The van der Waals surface area contributed by atoms with Crippen LogP contribution in [0.3, 0.4) is 0 Å². The first-order chi connectivity index (χ1) is 6.84. The summed E-state index contributed by atoms with van der Waals surface area (Å²) in [4.78, 5) is 21.1. The molecule has 0 rings (SSSR count). The first kappa shape index (κ1) is 13.3. The molecule has 1 amide bonds. The zero-order chi connectivity index (χ0) is 12.0. The number of carbonyl (C=O) groups is 2. The summed E-state index contributed by atoms with van der Waals surface area (Å²) in [6.45, 7) is 3.44. The Balaban J connectivity index is 4.60. The highest BCUT2D eigenvalue weighted by Gasteiger charge is 2.14. The van der Waals surface area contributed by atoms with Crippen LogP contribution in [-0.2, 0) is 9.53 Å². The average molecular weight is 216 g/mol.